The molecule has 0 aromatic carbocycles. The predicted octanol–water partition coefficient (Wildman–Crippen LogP) is 7.49. The maximum absolute atomic E-state index is 6.82. The van der Waals surface area contributed by atoms with Crippen LogP contribution in [-0.4, -0.2) is 12.2 Å². The van der Waals surface area contributed by atoms with Crippen molar-refractivity contribution in [2.24, 2.45) is 52.3 Å². The van der Waals surface area contributed by atoms with Crippen LogP contribution in [0.5, 0.6) is 0 Å². The average Bonchev–Trinajstić information content (AvgIpc) is 3.13. The highest BCUT2D eigenvalue weighted by Crippen LogP contribution is 2.70. The third-order valence-corrected chi connectivity index (χ3v) is 11.2. The second-order valence-electron chi connectivity index (χ2n) is 12.8. The van der Waals surface area contributed by atoms with Gasteiger partial charge in [0, 0.05) is 0 Å². The summed E-state index contributed by atoms with van der Waals surface area (Å²) in [5.41, 5.74) is 1.24. The molecule has 0 aromatic heterocycles. The van der Waals surface area contributed by atoms with Crippen molar-refractivity contribution < 1.29 is 4.74 Å². The van der Waals surface area contributed by atoms with Crippen molar-refractivity contribution in [2.75, 3.05) is 0 Å². The zero-order valence-electron chi connectivity index (χ0n) is 19.4. The summed E-state index contributed by atoms with van der Waals surface area (Å²) in [4.78, 5) is 0. The lowest BCUT2D eigenvalue weighted by Crippen LogP contribution is -2.53. The smallest absolute Gasteiger partial charge is 0.0618 e. The molecule has 0 N–H and O–H groups in total. The van der Waals surface area contributed by atoms with Crippen LogP contribution in [0, 0.1) is 52.3 Å². The lowest BCUT2D eigenvalue weighted by atomic mass is 9.44. The molecule has 1 unspecified atom stereocenters. The highest BCUT2D eigenvalue weighted by molar-refractivity contribution is 5.13. The normalized spacial score (nSPS) is 55.5. The molecule has 10 atom stereocenters. The van der Waals surface area contributed by atoms with Crippen LogP contribution in [0.3, 0.4) is 0 Å². The van der Waals surface area contributed by atoms with Crippen LogP contribution in [0.2, 0.25) is 0 Å². The van der Waals surface area contributed by atoms with Gasteiger partial charge in [-0.15, -0.1) is 0 Å². The van der Waals surface area contributed by atoms with Crippen molar-refractivity contribution in [3.8, 4) is 0 Å². The van der Waals surface area contributed by atoms with Crippen LogP contribution in [0.15, 0.2) is 0 Å². The average molecular weight is 387 g/mol. The minimum absolute atomic E-state index is 0.541. The van der Waals surface area contributed by atoms with E-state index in [1.165, 1.54) is 70.6 Å². The molecule has 5 rings (SSSR count). The topological polar surface area (TPSA) is 9.23 Å². The fourth-order valence-corrected chi connectivity index (χ4v) is 9.81. The van der Waals surface area contributed by atoms with E-state index in [9.17, 15) is 0 Å². The van der Waals surface area contributed by atoms with Gasteiger partial charge in [-0.3, -0.25) is 0 Å². The third kappa shape index (κ3) is 2.80. The monoisotopic (exact) mass is 386 g/mol. The van der Waals surface area contributed by atoms with Crippen LogP contribution in [0.25, 0.3) is 0 Å². The van der Waals surface area contributed by atoms with E-state index in [0.29, 0.717) is 23.0 Å². The van der Waals surface area contributed by atoms with Crippen molar-refractivity contribution in [1.29, 1.82) is 0 Å². The van der Waals surface area contributed by atoms with E-state index in [-0.39, 0.29) is 0 Å². The standard InChI is InChI=1S/C27H46O/c1-17(2)9-12-23-18(3)25-24(28-23)16-22-20-11-10-19-8-6-7-14-26(19,4)21(20)13-15-27(22,25)5/h17-25H,6-16H2,1-5H3/t18-,19-,20+,21-,22-,23?,24-,25-,26-,27-/m0/s1. The van der Waals surface area contributed by atoms with Gasteiger partial charge in [-0.05, 0) is 110 Å². The lowest BCUT2D eigenvalue weighted by Gasteiger charge is -2.60. The van der Waals surface area contributed by atoms with E-state index in [0.717, 1.165) is 41.4 Å². The molecule has 0 radical (unpaired) electrons. The minimum atomic E-state index is 0.541. The van der Waals surface area contributed by atoms with Crippen LogP contribution in [0.4, 0.5) is 0 Å². The van der Waals surface area contributed by atoms with E-state index in [4.69, 9.17) is 4.74 Å². The molecule has 28 heavy (non-hydrogen) atoms. The molecule has 0 aromatic rings. The van der Waals surface area contributed by atoms with Gasteiger partial charge in [-0.1, -0.05) is 47.5 Å². The second-order valence-corrected chi connectivity index (χ2v) is 12.8. The van der Waals surface area contributed by atoms with Crippen LogP contribution in [0.1, 0.15) is 105 Å². The molecule has 0 amide bonds. The summed E-state index contributed by atoms with van der Waals surface area (Å²) in [6, 6.07) is 0. The molecule has 1 heteroatoms. The quantitative estimate of drug-likeness (QED) is 0.488. The van der Waals surface area contributed by atoms with E-state index in [1.807, 2.05) is 0 Å². The Hall–Kier alpha value is -0.0400. The molecule has 1 aliphatic heterocycles. The van der Waals surface area contributed by atoms with Gasteiger partial charge in [0.25, 0.3) is 0 Å². The molecule has 1 heterocycles. The zero-order chi connectivity index (χ0) is 19.7. The molecule has 4 saturated carbocycles. The summed E-state index contributed by atoms with van der Waals surface area (Å²) in [6.45, 7) is 12.7. The van der Waals surface area contributed by atoms with Crippen molar-refractivity contribution in [3.05, 3.63) is 0 Å². The van der Waals surface area contributed by atoms with Gasteiger partial charge in [-0.2, -0.15) is 0 Å². The van der Waals surface area contributed by atoms with E-state index < -0.39 is 0 Å². The Morgan fingerprint density at radius 3 is 2.54 bits per heavy atom. The second kappa shape index (κ2) is 7.00. The van der Waals surface area contributed by atoms with Gasteiger partial charge in [-0.25, -0.2) is 0 Å². The zero-order valence-corrected chi connectivity index (χ0v) is 19.4. The summed E-state index contributed by atoms with van der Waals surface area (Å²) in [7, 11) is 0. The Morgan fingerprint density at radius 1 is 0.929 bits per heavy atom. The van der Waals surface area contributed by atoms with Gasteiger partial charge in [0.15, 0.2) is 0 Å². The molecule has 0 bridgehead atoms. The Bertz CT molecular complexity index is 583. The van der Waals surface area contributed by atoms with Crippen molar-refractivity contribution in [1.82, 2.24) is 0 Å². The van der Waals surface area contributed by atoms with Gasteiger partial charge < -0.3 is 4.74 Å². The molecule has 0 spiro atoms. The van der Waals surface area contributed by atoms with Gasteiger partial charge in [0.1, 0.15) is 0 Å². The maximum atomic E-state index is 6.82. The fourth-order valence-electron chi connectivity index (χ4n) is 9.81. The van der Waals surface area contributed by atoms with Gasteiger partial charge in [0.05, 0.1) is 12.2 Å². The molecule has 5 aliphatic rings. The summed E-state index contributed by atoms with van der Waals surface area (Å²) < 4.78 is 6.82. The first kappa shape index (κ1) is 19.9. The van der Waals surface area contributed by atoms with E-state index >= 15 is 0 Å². The Balaban J connectivity index is 1.35. The molecular weight excluding hydrogens is 340 g/mol. The third-order valence-electron chi connectivity index (χ3n) is 11.2. The van der Waals surface area contributed by atoms with Gasteiger partial charge >= 0.3 is 0 Å². The summed E-state index contributed by atoms with van der Waals surface area (Å²) in [5.74, 6) is 6.45. The largest absolute Gasteiger partial charge is 0.374 e. The molecule has 160 valence electrons. The molecule has 4 aliphatic carbocycles. The highest BCUT2D eigenvalue weighted by atomic mass is 16.5. The van der Waals surface area contributed by atoms with Crippen molar-refractivity contribution >= 4 is 0 Å². The van der Waals surface area contributed by atoms with Gasteiger partial charge in [0.2, 0.25) is 0 Å². The fraction of sp³-hybridized carbons (Fsp3) is 1.00. The van der Waals surface area contributed by atoms with Crippen LogP contribution in [-0.2, 0) is 4.74 Å². The summed E-state index contributed by atoms with van der Waals surface area (Å²) in [6.07, 6.45) is 17.3. The maximum Gasteiger partial charge on any atom is 0.0618 e. The van der Waals surface area contributed by atoms with Crippen LogP contribution >= 0.6 is 0 Å². The first-order valence-corrected chi connectivity index (χ1v) is 13.0. The predicted molar refractivity (Wildman–Crippen MR) is 117 cm³/mol. The Kier molecular flexibility index (Phi) is 4.97. The highest BCUT2D eigenvalue weighted by Gasteiger charge is 2.65. The Morgan fingerprint density at radius 2 is 1.75 bits per heavy atom. The number of rotatable bonds is 3. The Labute approximate surface area is 174 Å². The summed E-state index contributed by atoms with van der Waals surface area (Å²) in [5, 5.41) is 0. The molecule has 1 nitrogen and oxygen atoms in total. The SMILES string of the molecule is CC(C)CCC1O[C@H]2C[C@H]3[C@@H]4CC[C@@H]5CCCC[C@]5(C)[C@H]4CC[C@]3(C)[C@H]2[C@H]1C. The number of hydrogen-bond acceptors (Lipinski definition) is 1. The number of hydrogen-bond donors (Lipinski definition) is 0. The van der Waals surface area contributed by atoms with Crippen molar-refractivity contribution in [3.63, 3.8) is 0 Å². The minimum Gasteiger partial charge on any atom is -0.374 e. The first-order chi connectivity index (χ1) is 13.3. The lowest BCUT2D eigenvalue weighted by molar-refractivity contribution is -0.115. The van der Waals surface area contributed by atoms with Crippen LogP contribution < -0.4 is 0 Å². The van der Waals surface area contributed by atoms with E-state index in [1.54, 1.807) is 0 Å². The first-order valence-electron chi connectivity index (χ1n) is 13.0. The molecule has 5 fully saturated rings. The number of fused-ring (bicyclic) bond motifs is 7. The number of ether oxygens (including phenoxy) is 1. The molecule has 1 saturated heterocycles. The summed E-state index contributed by atoms with van der Waals surface area (Å²) >= 11 is 0. The van der Waals surface area contributed by atoms with Crippen molar-refractivity contribution in [2.45, 2.75) is 117 Å². The molecular formula is C27H46O. The van der Waals surface area contributed by atoms with E-state index in [2.05, 4.69) is 34.6 Å².